The average molecular weight is 197 g/mol. The second-order valence-electron chi connectivity index (χ2n) is 2.02. The molecule has 1 unspecified atom stereocenters. The van der Waals surface area contributed by atoms with Crippen LogP contribution in [0.25, 0.3) is 0 Å². The number of hydrogen-bond donors (Lipinski definition) is 0. The van der Waals surface area contributed by atoms with Crippen LogP contribution in [0.3, 0.4) is 0 Å². The monoisotopic (exact) mass is 196 g/mol. The molecule has 0 aromatic heterocycles. The van der Waals surface area contributed by atoms with E-state index >= 15 is 0 Å². The van der Waals surface area contributed by atoms with Gasteiger partial charge >= 0.3 is 0 Å². The summed E-state index contributed by atoms with van der Waals surface area (Å²) in [6, 6.07) is 0. The van der Waals surface area contributed by atoms with Crippen molar-refractivity contribution in [1.82, 2.24) is 0 Å². The number of hydrogen-bond acceptors (Lipinski definition) is 1. The van der Waals surface area contributed by atoms with E-state index in [0.29, 0.717) is 6.42 Å². The topological polar surface area (TPSA) is 9.23 Å². The predicted molar refractivity (Wildman–Crippen MR) is 47.1 cm³/mol. The fourth-order valence-electron chi connectivity index (χ4n) is 0.664. The lowest BCUT2D eigenvalue weighted by Crippen LogP contribution is -2.09. The molecule has 1 rings (SSSR count). The first-order valence-corrected chi connectivity index (χ1v) is 4.01. The van der Waals surface area contributed by atoms with Crippen molar-refractivity contribution in [3.8, 4) is 0 Å². The third-order valence-electron chi connectivity index (χ3n) is 1.20. The summed E-state index contributed by atoms with van der Waals surface area (Å²) >= 11 is 11.5. The molecule has 10 heavy (non-hydrogen) atoms. The molecule has 0 bridgehead atoms. The highest BCUT2D eigenvalue weighted by Crippen LogP contribution is 2.32. The van der Waals surface area contributed by atoms with E-state index in [1.165, 1.54) is 0 Å². The van der Waals surface area contributed by atoms with Crippen molar-refractivity contribution < 1.29 is 4.52 Å². The Labute approximate surface area is 72.3 Å². The SMILES string of the molecule is POC1=CCC(Cl)(Cl)C=C1. The quantitative estimate of drug-likeness (QED) is 0.463. The second kappa shape index (κ2) is 3.13. The minimum atomic E-state index is -0.743. The molecule has 0 saturated carbocycles. The predicted octanol–water partition coefficient (Wildman–Crippen LogP) is 2.81. The summed E-state index contributed by atoms with van der Waals surface area (Å²) in [7, 11) is 2.16. The molecule has 1 nitrogen and oxygen atoms in total. The van der Waals surface area contributed by atoms with Crippen LogP contribution >= 0.6 is 32.7 Å². The Morgan fingerprint density at radius 3 is 2.70 bits per heavy atom. The highest BCUT2D eigenvalue weighted by molar-refractivity contribution is 7.10. The number of alkyl halides is 2. The molecule has 0 amide bonds. The highest BCUT2D eigenvalue weighted by Gasteiger charge is 2.21. The van der Waals surface area contributed by atoms with Gasteiger partial charge in [0.15, 0.2) is 0 Å². The van der Waals surface area contributed by atoms with E-state index in [1.54, 1.807) is 12.2 Å². The lowest BCUT2D eigenvalue weighted by Gasteiger charge is -2.16. The van der Waals surface area contributed by atoms with Gasteiger partial charge in [0, 0.05) is 6.42 Å². The zero-order valence-corrected chi connectivity index (χ0v) is 7.85. The van der Waals surface area contributed by atoms with Crippen molar-refractivity contribution in [1.29, 1.82) is 0 Å². The van der Waals surface area contributed by atoms with Gasteiger partial charge in [0.05, 0.1) is 9.47 Å². The van der Waals surface area contributed by atoms with Crippen LogP contribution in [0.15, 0.2) is 24.0 Å². The minimum absolute atomic E-state index is 0.594. The van der Waals surface area contributed by atoms with Crippen molar-refractivity contribution in [2.75, 3.05) is 0 Å². The molecule has 56 valence electrons. The van der Waals surface area contributed by atoms with Gasteiger partial charge in [-0.15, -0.1) is 0 Å². The number of halogens is 2. The van der Waals surface area contributed by atoms with Crippen LogP contribution in [0.5, 0.6) is 0 Å². The summed E-state index contributed by atoms with van der Waals surface area (Å²) in [5, 5.41) is 0. The van der Waals surface area contributed by atoms with E-state index in [-0.39, 0.29) is 0 Å². The van der Waals surface area contributed by atoms with E-state index < -0.39 is 4.33 Å². The molecule has 0 spiro atoms. The van der Waals surface area contributed by atoms with Crippen molar-refractivity contribution in [2.24, 2.45) is 0 Å². The van der Waals surface area contributed by atoms with Crippen molar-refractivity contribution >= 4 is 32.7 Å². The van der Waals surface area contributed by atoms with Crippen molar-refractivity contribution in [3.63, 3.8) is 0 Å². The molecule has 0 saturated heterocycles. The number of allylic oxidation sites excluding steroid dienone is 3. The molecule has 1 atom stereocenters. The molecule has 0 aromatic carbocycles. The van der Waals surface area contributed by atoms with Gasteiger partial charge in [-0.05, 0) is 18.2 Å². The first-order chi connectivity index (χ1) is 4.64. The van der Waals surface area contributed by atoms with Gasteiger partial charge in [0.2, 0.25) is 0 Å². The molecule has 1 aliphatic rings. The zero-order chi connectivity index (χ0) is 7.61. The maximum atomic E-state index is 5.77. The Hall–Kier alpha value is 0.290. The molecular weight excluding hydrogens is 190 g/mol. The van der Waals surface area contributed by atoms with E-state index in [2.05, 4.69) is 9.47 Å². The molecule has 0 heterocycles. The summed E-state index contributed by atoms with van der Waals surface area (Å²) in [4.78, 5) is 0. The average Bonchev–Trinajstić information content (AvgIpc) is 1.88. The van der Waals surface area contributed by atoms with Crippen LogP contribution in [0.2, 0.25) is 0 Å². The van der Waals surface area contributed by atoms with Gasteiger partial charge in [-0.3, -0.25) is 0 Å². The van der Waals surface area contributed by atoms with Gasteiger partial charge in [-0.25, -0.2) is 0 Å². The van der Waals surface area contributed by atoms with Crippen LogP contribution in [0.4, 0.5) is 0 Å². The fraction of sp³-hybridized carbons (Fsp3) is 0.333. The smallest absolute Gasteiger partial charge is 0.140 e. The molecule has 0 aromatic rings. The van der Waals surface area contributed by atoms with Gasteiger partial charge in [-0.2, -0.15) is 0 Å². The molecule has 0 aliphatic heterocycles. The van der Waals surface area contributed by atoms with Gasteiger partial charge < -0.3 is 4.52 Å². The third kappa shape index (κ3) is 2.16. The third-order valence-corrected chi connectivity index (χ3v) is 2.04. The molecule has 0 radical (unpaired) electrons. The van der Waals surface area contributed by atoms with E-state index in [1.807, 2.05) is 6.08 Å². The molecule has 1 aliphatic carbocycles. The summed E-state index contributed by atoms with van der Waals surface area (Å²) in [5.41, 5.74) is 0. The summed E-state index contributed by atoms with van der Waals surface area (Å²) in [5.74, 6) is 0.780. The molecule has 0 fully saturated rings. The molecular formula is C6H7Cl2OP. The summed E-state index contributed by atoms with van der Waals surface area (Å²) in [6.45, 7) is 0. The standard InChI is InChI=1S/C6H7Cl2OP/c7-6(8)3-1-5(9-10)2-4-6/h1-3H,4,10H2. The Morgan fingerprint density at radius 2 is 2.30 bits per heavy atom. The fourth-order valence-corrected chi connectivity index (χ4v) is 1.12. The van der Waals surface area contributed by atoms with Crippen LogP contribution < -0.4 is 0 Å². The van der Waals surface area contributed by atoms with Crippen molar-refractivity contribution in [2.45, 2.75) is 10.8 Å². The highest BCUT2D eigenvalue weighted by atomic mass is 35.5. The molecule has 0 N–H and O–H groups in total. The van der Waals surface area contributed by atoms with Gasteiger partial charge in [-0.1, -0.05) is 23.2 Å². The van der Waals surface area contributed by atoms with E-state index in [0.717, 1.165) is 5.76 Å². The maximum Gasteiger partial charge on any atom is 0.140 e. The Kier molecular flexibility index (Phi) is 2.62. The lowest BCUT2D eigenvalue weighted by atomic mass is 10.1. The van der Waals surface area contributed by atoms with Crippen molar-refractivity contribution in [3.05, 3.63) is 24.0 Å². The largest absolute Gasteiger partial charge is 0.481 e. The van der Waals surface area contributed by atoms with Crippen LogP contribution in [0, 0.1) is 0 Å². The van der Waals surface area contributed by atoms with Crippen LogP contribution in [-0.4, -0.2) is 4.33 Å². The zero-order valence-electron chi connectivity index (χ0n) is 5.18. The van der Waals surface area contributed by atoms with Gasteiger partial charge in [0.1, 0.15) is 10.1 Å². The van der Waals surface area contributed by atoms with Gasteiger partial charge in [0.25, 0.3) is 0 Å². The second-order valence-corrected chi connectivity index (χ2v) is 3.80. The number of rotatable bonds is 1. The van der Waals surface area contributed by atoms with E-state index in [4.69, 9.17) is 27.7 Å². The summed E-state index contributed by atoms with van der Waals surface area (Å²) < 4.78 is 4.11. The Bertz CT molecular complexity index is 186. The first-order valence-electron chi connectivity index (χ1n) is 2.78. The maximum absolute atomic E-state index is 5.77. The lowest BCUT2D eigenvalue weighted by molar-refractivity contribution is 0.511. The summed E-state index contributed by atoms with van der Waals surface area (Å²) in [6.07, 6.45) is 5.88. The van der Waals surface area contributed by atoms with Crippen LogP contribution in [0.1, 0.15) is 6.42 Å². The molecule has 4 heteroatoms. The normalized spacial score (nSPS) is 22.1. The van der Waals surface area contributed by atoms with E-state index in [9.17, 15) is 0 Å². The minimum Gasteiger partial charge on any atom is -0.481 e. The first kappa shape index (κ1) is 8.39. The Morgan fingerprint density at radius 1 is 1.60 bits per heavy atom. The van der Waals surface area contributed by atoms with Crippen LogP contribution in [-0.2, 0) is 4.52 Å². The Balaban J connectivity index is 2.63.